The summed E-state index contributed by atoms with van der Waals surface area (Å²) in [4.78, 5) is 25.6. The van der Waals surface area contributed by atoms with E-state index in [1.54, 1.807) is 18.4 Å². The lowest BCUT2D eigenvalue weighted by atomic mass is 9.96. The summed E-state index contributed by atoms with van der Waals surface area (Å²) >= 11 is 1.44. The van der Waals surface area contributed by atoms with Gasteiger partial charge in [-0.1, -0.05) is 11.8 Å². The summed E-state index contributed by atoms with van der Waals surface area (Å²) in [6, 6.07) is 1.79. The molecular formula is C17H17N3O3S. The number of carbonyl (C=O) groups excluding carboxylic acids is 2. The molecule has 2 aromatic rings. The minimum absolute atomic E-state index is 0.144. The second kappa shape index (κ2) is 6.16. The first-order valence-electron chi connectivity index (χ1n) is 7.51. The Morgan fingerprint density at radius 3 is 2.79 bits per heavy atom. The van der Waals surface area contributed by atoms with E-state index in [1.807, 2.05) is 13.8 Å². The molecule has 2 heterocycles. The molecule has 0 bridgehead atoms. The van der Waals surface area contributed by atoms with E-state index in [9.17, 15) is 14.7 Å². The number of thioether (sulfide) groups is 1. The van der Waals surface area contributed by atoms with Gasteiger partial charge in [-0.3, -0.25) is 9.59 Å². The molecule has 1 amide bonds. The average molecular weight is 343 g/mol. The molecule has 0 fully saturated rings. The number of aromatic hydroxyl groups is 1. The number of hydrogen-bond acceptors (Lipinski definition) is 5. The van der Waals surface area contributed by atoms with Crippen LogP contribution in [-0.2, 0) is 11.3 Å². The summed E-state index contributed by atoms with van der Waals surface area (Å²) in [6.45, 7) is 5.99. The van der Waals surface area contributed by atoms with E-state index in [0.29, 0.717) is 23.4 Å². The number of hydrogen-bond donors (Lipinski definition) is 2. The van der Waals surface area contributed by atoms with Crippen molar-refractivity contribution in [3.05, 3.63) is 46.0 Å². The predicted molar refractivity (Wildman–Crippen MR) is 92.5 cm³/mol. The molecule has 0 saturated heterocycles. The molecule has 2 N–H and O–H groups in total. The van der Waals surface area contributed by atoms with Gasteiger partial charge in [0.15, 0.2) is 5.78 Å². The largest absolute Gasteiger partial charge is 0.493 e. The molecule has 124 valence electrons. The quantitative estimate of drug-likeness (QED) is 0.837. The van der Waals surface area contributed by atoms with Crippen LogP contribution in [-0.4, -0.2) is 26.6 Å². The van der Waals surface area contributed by atoms with Gasteiger partial charge < -0.3 is 10.4 Å². The van der Waals surface area contributed by atoms with Gasteiger partial charge in [-0.2, -0.15) is 5.10 Å². The van der Waals surface area contributed by atoms with E-state index in [-0.39, 0.29) is 23.1 Å². The van der Waals surface area contributed by atoms with Crippen LogP contribution in [0.25, 0.3) is 0 Å². The van der Waals surface area contributed by atoms with E-state index in [2.05, 4.69) is 10.4 Å². The van der Waals surface area contributed by atoms with Crippen LogP contribution in [0.5, 0.6) is 5.88 Å². The third-order valence-electron chi connectivity index (χ3n) is 3.98. The molecule has 0 aliphatic carbocycles. The van der Waals surface area contributed by atoms with Crippen molar-refractivity contribution < 1.29 is 14.7 Å². The van der Waals surface area contributed by atoms with Crippen molar-refractivity contribution in [3.63, 3.8) is 0 Å². The minimum atomic E-state index is -0.313. The molecule has 0 radical (unpaired) electrons. The number of nitrogens with zero attached hydrogens (tertiary/aromatic N) is 2. The van der Waals surface area contributed by atoms with Gasteiger partial charge in [0, 0.05) is 23.1 Å². The van der Waals surface area contributed by atoms with Crippen LogP contribution < -0.4 is 5.32 Å². The Hall–Kier alpha value is -2.54. The molecule has 1 aromatic heterocycles. The Labute approximate surface area is 143 Å². The molecular weight excluding hydrogens is 326 g/mol. The van der Waals surface area contributed by atoms with Crippen molar-refractivity contribution in [2.75, 3.05) is 5.32 Å². The highest BCUT2D eigenvalue weighted by molar-refractivity contribution is 8.02. The summed E-state index contributed by atoms with van der Waals surface area (Å²) in [6.07, 6.45) is 2.83. The van der Waals surface area contributed by atoms with Gasteiger partial charge in [0.25, 0.3) is 0 Å². The Morgan fingerprint density at radius 1 is 1.38 bits per heavy atom. The summed E-state index contributed by atoms with van der Waals surface area (Å²) < 4.78 is 1.36. The van der Waals surface area contributed by atoms with Gasteiger partial charge in [-0.15, -0.1) is 0 Å². The van der Waals surface area contributed by atoms with Crippen LogP contribution >= 0.6 is 11.8 Å². The number of fused-ring (bicyclic) bond motifs is 1. The maximum atomic E-state index is 12.9. The highest BCUT2D eigenvalue weighted by Crippen LogP contribution is 2.38. The topological polar surface area (TPSA) is 84.2 Å². The van der Waals surface area contributed by atoms with E-state index < -0.39 is 0 Å². The Kier molecular flexibility index (Phi) is 4.19. The number of aromatic nitrogens is 2. The molecule has 3 rings (SSSR count). The number of aryl methyl sites for hydroxylation is 2. The zero-order valence-electron chi connectivity index (χ0n) is 13.6. The Bertz CT molecular complexity index is 884. The molecule has 6 nitrogen and oxygen atoms in total. The summed E-state index contributed by atoms with van der Waals surface area (Å²) in [7, 11) is 0. The minimum Gasteiger partial charge on any atom is -0.493 e. The fourth-order valence-corrected chi connectivity index (χ4v) is 3.57. The standard InChI is InChI=1S/C17H17N3O3S/c1-4-20-17(23)12(8-18-20)15(22)11-7-9(2)16-14(10(11)3)19-13(21)5-6-24-16/h5-8,23H,4H2,1-3H3,(H,19,21). The third kappa shape index (κ3) is 2.60. The smallest absolute Gasteiger partial charge is 0.248 e. The van der Waals surface area contributed by atoms with E-state index >= 15 is 0 Å². The van der Waals surface area contributed by atoms with Crippen molar-refractivity contribution in [3.8, 4) is 5.88 Å². The lowest BCUT2D eigenvalue weighted by Gasteiger charge is -2.16. The van der Waals surface area contributed by atoms with E-state index in [0.717, 1.165) is 10.5 Å². The van der Waals surface area contributed by atoms with Crippen LogP contribution in [0.15, 0.2) is 28.6 Å². The fourth-order valence-electron chi connectivity index (χ4n) is 2.67. The summed E-state index contributed by atoms with van der Waals surface area (Å²) in [5.41, 5.74) is 2.80. The van der Waals surface area contributed by atoms with Gasteiger partial charge in [-0.25, -0.2) is 4.68 Å². The first-order chi connectivity index (χ1) is 11.4. The van der Waals surface area contributed by atoms with Crippen LogP contribution in [0, 0.1) is 13.8 Å². The molecule has 7 heteroatoms. The Balaban J connectivity index is 2.12. The highest BCUT2D eigenvalue weighted by atomic mass is 32.2. The monoisotopic (exact) mass is 343 g/mol. The molecule has 1 aliphatic heterocycles. The van der Waals surface area contributed by atoms with Gasteiger partial charge in [0.05, 0.1) is 11.9 Å². The molecule has 24 heavy (non-hydrogen) atoms. The van der Waals surface area contributed by atoms with Crippen molar-refractivity contribution in [2.45, 2.75) is 32.2 Å². The van der Waals surface area contributed by atoms with Crippen LogP contribution in [0.1, 0.15) is 34.0 Å². The maximum absolute atomic E-state index is 12.9. The zero-order valence-corrected chi connectivity index (χ0v) is 14.4. The lowest BCUT2D eigenvalue weighted by molar-refractivity contribution is -0.111. The van der Waals surface area contributed by atoms with Crippen LogP contribution in [0.2, 0.25) is 0 Å². The molecule has 0 spiro atoms. The highest BCUT2D eigenvalue weighted by Gasteiger charge is 2.24. The first kappa shape index (κ1) is 16.3. The van der Waals surface area contributed by atoms with E-state index in [4.69, 9.17) is 0 Å². The predicted octanol–water partition coefficient (Wildman–Crippen LogP) is 3.01. The summed E-state index contributed by atoms with van der Waals surface area (Å²) in [5, 5.41) is 18.7. The number of benzene rings is 1. The normalized spacial score (nSPS) is 13.4. The average Bonchev–Trinajstić information content (AvgIpc) is 2.80. The number of carbonyl (C=O) groups is 2. The van der Waals surface area contributed by atoms with Crippen molar-refractivity contribution in [2.24, 2.45) is 0 Å². The number of nitrogens with one attached hydrogen (secondary N) is 1. The Morgan fingerprint density at radius 2 is 2.12 bits per heavy atom. The van der Waals surface area contributed by atoms with Crippen molar-refractivity contribution in [1.29, 1.82) is 0 Å². The molecule has 0 atom stereocenters. The van der Waals surface area contributed by atoms with Crippen LogP contribution in [0.3, 0.4) is 0 Å². The number of amides is 1. The SMILES string of the molecule is CCn1ncc(C(=O)c2cc(C)c3c(c2C)NC(=O)C=CS3)c1O. The van der Waals surface area contributed by atoms with Crippen molar-refractivity contribution >= 4 is 29.1 Å². The number of anilines is 1. The van der Waals surface area contributed by atoms with E-state index in [1.165, 1.54) is 28.7 Å². The van der Waals surface area contributed by atoms with Gasteiger partial charge in [0.2, 0.25) is 11.8 Å². The molecule has 0 unspecified atom stereocenters. The van der Waals surface area contributed by atoms with Gasteiger partial charge >= 0.3 is 0 Å². The first-order valence-corrected chi connectivity index (χ1v) is 8.39. The lowest BCUT2D eigenvalue weighted by Crippen LogP contribution is -2.12. The maximum Gasteiger partial charge on any atom is 0.248 e. The number of ketones is 1. The fraction of sp³-hybridized carbons (Fsp3) is 0.235. The molecule has 0 saturated carbocycles. The second-order valence-electron chi connectivity index (χ2n) is 5.51. The van der Waals surface area contributed by atoms with Crippen molar-refractivity contribution in [1.82, 2.24) is 9.78 Å². The molecule has 1 aliphatic rings. The zero-order chi connectivity index (χ0) is 17.4. The van der Waals surface area contributed by atoms with Crippen LogP contribution in [0.4, 0.5) is 5.69 Å². The van der Waals surface area contributed by atoms with Gasteiger partial charge in [-0.05, 0) is 43.4 Å². The molecule has 1 aromatic carbocycles. The van der Waals surface area contributed by atoms with Gasteiger partial charge in [0.1, 0.15) is 5.56 Å². The third-order valence-corrected chi connectivity index (χ3v) is 5.01. The summed E-state index contributed by atoms with van der Waals surface area (Å²) in [5.74, 6) is -0.684. The second-order valence-corrected chi connectivity index (χ2v) is 6.42. The number of rotatable bonds is 3.